The molecule has 1 atom stereocenters. The van der Waals surface area contributed by atoms with Crippen LogP contribution in [0.4, 0.5) is 0 Å². The van der Waals surface area contributed by atoms with Crippen LogP contribution in [0.3, 0.4) is 0 Å². The van der Waals surface area contributed by atoms with Crippen molar-refractivity contribution in [2.24, 2.45) is 0 Å². The Morgan fingerprint density at radius 1 is 1.10 bits per heavy atom. The van der Waals surface area contributed by atoms with E-state index < -0.39 is 0 Å². The minimum atomic E-state index is 0.283. The van der Waals surface area contributed by atoms with Crippen LogP contribution >= 0.6 is 27.3 Å². The summed E-state index contributed by atoms with van der Waals surface area (Å²) in [5, 5.41) is 5.80. The molecule has 1 aromatic heterocycles. The molecule has 108 valence electrons. The number of rotatable bonds is 6. The van der Waals surface area contributed by atoms with E-state index in [2.05, 4.69) is 77.7 Å². The van der Waals surface area contributed by atoms with E-state index in [0.29, 0.717) is 5.92 Å². The molecule has 1 aromatic carbocycles. The molecule has 0 aliphatic rings. The highest BCUT2D eigenvalue weighted by Gasteiger charge is 2.17. The van der Waals surface area contributed by atoms with Gasteiger partial charge in [-0.1, -0.05) is 45.0 Å². The van der Waals surface area contributed by atoms with Gasteiger partial charge in [-0.25, -0.2) is 0 Å². The van der Waals surface area contributed by atoms with E-state index in [0.717, 1.165) is 13.0 Å². The Bertz CT molecular complexity index is 530. The number of hydrogen-bond donors (Lipinski definition) is 1. The topological polar surface area (TPSA) is 12.0 Å². The van der Waals surface area contributed by atoms with Crippen molar-refractivity contribution in [3.05, 3.63) is 56.2 Å². The van der Waals surface area contributed by atoms with Gasteiger partial charge in [0.05, 0.1) is 6.04 Å². The van der Waals surface area contributed by atoms with Crippen LogP contribution in [-0.4, -0.2) is 6.54 Å². The van der Waals surface area contributed by atoms with Crippen LogP contribution in [0.1, 0.15) is 55.2 Å². The fourth-order valence-corrected chi connectivity index (χ4v) is 3.94. The summed E-state index contributed by atoms with van der Waals surface area (Å²) in [6.07, 6.45) is 1.14. The first-order valence-electron chi connectivity index (χ1n) is 7.19. The van der Waals surface area contributed by atoms with Gasteiger partial charge in [0.2, 0.25) is 0 Å². The summed E-state index contributed by atoms with van der Waals surface area (Å²) in [6.45, 7) is 7.70. The van der Waals surface area contributed by atoms with Crippen molar-refractivity contribution in [3.63, 3.8) is 0 Å². The Hall–Kier alpha value is -0.640. The second kappa shape index (κ2) is 7.39. The first-order chi connectivity index (χ1) is 9.63. The zero-order valence-corrected chi connectivity index (χ0v) is 14.7. The molecule has 1 unspecified atom stereocenters. The van der Waals surface area contributed by atoms with Crippen LogP contribution < -0.4 is 5.32 Å². The van der Waals surface area contributed by atoms with E-state index in [4.69, 9.17) is 0 Å². The maximum atomic E-state index is 3.66. The quantitative estimate of drug-likeness (QED) is 0.701. The molecule has 0 saturated heterocycles. The number of thiophene rings is 1. The van der Waals surface area contributed by atoms with Gasteiger partial charge < -0.3 is 5.32 Å². The third kappa shape index (κ3) is 3.72. The van der Waals surface area contributed by atoms with Gasteiger partial charge >= 0.3 is 0 Å². The van der Waals surface area contributed by atoms with Crippen LogP contribution in [0.5, 0.6) is 0 Å². The summed E-state index contributed by atoms with van der Waals surface area (Å²) < 4.78 is 1.20. The lowest BCUT2D eigenvalue weighted by Gasteiger charge is -2.19. The van der Waals surface area contributed by atoms with Crippen LogP contribution in [0.2, 0.25) is 0 Å². The SMILES string of the molecule is CCCNC(c1ccc(C(C)C)cc1)c1sccc1Br. The van der Waals surface area contributed by atoms with E-state index in [1.807, 2.05) is 0 Å². The van der Waals surface area contributed by atoms with Crippen LogP contribution in [-0.2, 0) is 0 Å². The van der Waals surface area contributed by atoms with Gasteiger partial charge in [0.15, 0.2) is 0 Å². The Kier molecular flexibility index (Phi) is 5.82. The van der Waals surface area contributed by atoms with Crippen molar-refractivity contribution in [1.29, 1.82) is 0 Å². The Balaban J connectivity index is 2.29. The predicted molar refractivity (Wildman–Crippen MR) is 92.7 cm³/mol. The minimum absolute atomic E-state index is 0.283. The molecule has 1 N–H and O–H groups in total. The number of hydrogen-bond acceptors (Lipinski definition) is 2. The van der Waals surface area contributed by atoms with Crippen LogP contribution in [0, 0.1) is 0 Å². The monoisotopic (exact) mass is 351 g/mol. The maximum Gasteiger partial charge on any atom is 0.0682 e. The highest BCUT2D eigenvalue weighted by atomic mass is 79.9. The van der Waals surface area contributed by atoms with E-state index in [1.54, 1.807) is 11.3 Å². The average molecular weight is 352 g/mol. The van der Waals surface area contributed by atoms with Gasteiger partial charge in [-0.05, 0) is 57.4 Å². The Morgan fingerprint density at radius 2 is 1.75 bits per heavy atom. The molecule has 1 nitrogen and oxygen atoms in total. The molecule has 2 rings (SSSR count). The van der Waals surface area contributed by atoms with E-state index in [9.17, 15) is 0 Å². The summed E-state index contributed by atoms with van der Waals surface area (Å²) in [7, 11) is 0. The second-order valence-electron chi connectivity index (χ2n) is 5.34. The summed E-state index contributed by atoms with van der Waals surface area (Å²) >= 11 is 5.47. The summed E-state index contributed by atoms with van der Waals surface area (Å²) in [5.41, 5.74) is 2.74. The van der Waals surface area contributed by atoms with Gasteiger partial charge in [0.1, 0.15) is 0 Å². The lowest BCUT2D eigenvalue weighted by Crippen LogP contribution is -2.22. The molecule has 0 aliphatic carbocycles. The van der Waals surface area contributed by atoms with Crippen molar-refractivity contribution in [2.45, 2.75) is 39.2 Å². The summed E-state index contributed by atoms with van der Waals surface area (Å²) in [4.78, 5) is 1.36. The highest BCUT2D eigenvalue weighted by molar-refractivity contribution is 9.10. The van der Waals surface area contributed by atoms with Crippen molar-refractivity contribution >= 4 is 27.3 Å². The average Bonchev–Trinajstić information content (AvgIpc) is 2.86. The molecule has 0 spiro atoms. The molecule has 1 heterocycles. The fourth-order valence-electron chi connectivity index (χ4n) is 2.24. The normalized spacial score (nSPS) is 12.8. The second-order valence-corrected chi connectivity index (χ2v) is 7.14. The van der Waals surface area contributed by atoms with Gasteiger partial charge in [0, 0.05) is 9.35 Å². The lowest BCUT2D eigenvalue weighted by molar-refractivity contribution is 0.604. The molecular formula is C17H22BrNS. The molecular weight excluding hydrogens is 330 g/mol. The molecule has 2 aromatic rings. The van der Waals surface area contributed by atoms with Crippen LogP contribution in [0.15, 0.2) is 40.2 Å². The van der Waals surface area contributed by atoms with Gasteiger partial charge in [-0.15, -0.1) is 11.3 Å². The molecule has 20 heavy (non-hydrogen) atoms. The molecule has 0 saturated carbocycles. The lowest BCUT2D eigenvalue weighted by atomic mass is 9.98. The molecule has 0 amide bonds. The highest BCUT2D eigenvalue weighted by Crippen LogP contribution is 2.33. The third-order valence-electron chi connectivity index (χ3n) is 3.44. The predicted octanol–water partition coefficient (Wildman–Crippen LogP) is 5.72. The van der Waals surface area contributed by atoms with E-state index in [1.165, 1.54) is 20.5 Å². The van der Waals surface area contributed by atoms with E-state index >= 15 is 0 Å². The van der Waals surface area contributed by atoms with Crippen LogP contribution in [0.25, 0.3) is 0 Å². The largest absolute Gasteiger partial charge is 0.306 e. The summed E-state index contributed by atoms with van der Waals surface area (Å²) in [5.74, 6) is 0.583. The van der Waals surface area contributed by atoms with E-state index in [-0.39, 0.29) is 6.04 Å². The molecule has 0 radical (unpaired) electrons. The third-order valence-corrected chi connectivity index (χ3v) is 5.38. The Labute approximate surface area is 134 Å². The van der Waals surface area contributed by atoms with Crippen molar-refractivity contribution < 1.29 is 0 Å². The zero-order chi connectivity index (χ0) is 14.5. The first-order valence-corrected chi connectivity index (χ1v) is 8.86. The minimum Gasteiger partial charge on any atom is -0.306 e. The molecule has 0 aliphatic heterocycles. The first kappa shape index (κ1) is 15.7. The Morgan fingerprint density at radius 3 is 2.25 bits per heavy atom. The number of halogens is 1. The zero-order valence-electron chi connectivity index (χ0n) is 12.3. The van der Waals surface area contributed by atoms with Crippen molar-refractivity contribution in [2.75, 3.05) is 6.54 Å². The van der Waals surface area contributed by atoms with Gasteiger partial charge in [-0.3, -0.25) is 0 Å². The van der Waals surface area contributed by atoms with Crippen molar-refractivity contribution in [3.8, 4) is 0 Å². The van der Waals surface area contributed by atoms with Gasteiger partial charge in [0.25, 0.3) is 0 Å². The molecule has 0 bridgehead atoms. The fraction of sp³-hybridized carbons (Fsp3) is 0.412. The molecule has 3 heteroatoms. The van der Waals surface area contributed by atoms with Crippen molar-refractivity contribution in [1.82, 2.24) is 5.32 Å². The standard InChI is InChI=1S/C17H22BrNS/c1-4-10-19-16(17-15(18)9-11-20-17)14-7-5-13(6-8-14)12(2)3/h5-9,11-12,16,19H,4,10H2,1-3H3. The number of benzene rings is 1. The molecule has 0 fully saturated rings. The summed E-state index contributed by atoms with van der Waals surface area (Å²) in [6, 6.07) is 11.4. The smallest absolute Gasteiger partial charge is 0.0682 e. The maximum absolute atomic E-state index is 3.66. The number of nitrogens with one attached hydrogen (secondary N) is 1. The van der Waals surface area contributed by atoms with Gasteiger partial charge in [-0.2, -0.15) is 0 Å².